The van der Waals surface area contributed by atoms with Crippen molar-refractivity contribution in [2.75, 3.05) is 0 Å². The average Bonchev–Trinajstić information content (AvgIpc) is 2.26. The molecule has 1 atom stereocenters. The average molecular weight is 286 g/mol. The van der Waals surface area contributed by atoms with E-state index in [4.69, 9.17) is 0 Å². The number of benzene rings is 1. The maximum Gasteiger partial charge on any atom is 0.391 e. The maximum atomic E-state index is 12.5. The summed E-state index contributed by atoms with van der Waals surface area (Å²) in [7, 11) is 0. The summed E-state index contributed by atoms with van der Waals surface area (Å²) in [5.74, 6) is -0.531. The van der Waals surface area contributed by atoms with Gasteiger partial charge in [-0.15, -0.1) is 0 Å². The van der Waals surface area contributed by atoms with Crippen LogP contribution in [0, 0.1) is 19.3 Å². The van der Waals surface area contributed by atoms with Crippen LogP contribution in [0.4, 0.5) is 13.2 Å². The lowest BCUT2D eigenvalue weighted by atomic mass is 10.0. The largest absolute Gasteiger partial charge is 0.391 e. The van der Waals surface area contributed by atoms with Crippen LogP contribution in [-0.4, -0.2) is 18.1 Å². The molecule has 5 heteroatoms. The Kier molecular flexibility index (Phi) is 5.60. The predicted octanol–water partition coefficient (Wildman–Crippen LogP) is 3.91. The first-order valence-corrected chi connectivity index (χ1v) is 6.46. The van der Waals surface area contributed by atoms with E-state index in [1.165, 1.54) is 6.42 Å². The molecule has 1 unspecified atom stereocenters. The lowest BCUT2D eigenvalue weighted by molar-refractivity contribution is -0.137. The molecule has 111 valence electrons. The van der Waals surface area contributed by atoms with Crippen LogP contribution in [0.15, 0.2) is 24.3 Å². The van der Waals surface area contributed by atoms with Gasteiger partial charge in [0.25, 0.3) is 5.91 Å². The van der Waals surface area contributed by atoms with E-state index in [0.29, 0.717) is 5.56 Å². The molecule has 0 fully saturated rings. The Bertz CT molecular complexity index is 437. The molecule has 0 saturated heterocycles. The Morgan fingerprint density at radius 1 is 1.25 bits per heavy atom. The van der Waals surface area contributed by atoms with Gasteiger partial charge in [-0.1, -0.05) is 31.5 Å². The number of halogens is 3. The summed E-state index contributed by atoms with van der Waals surface area (Å²) in [5.41, 5.74) is 1.35. The molecule has 1 radical (unpaired) electrons. The van der Waals surface area contributed by atoms with Crippen LogP contribution < -0.4 is 5.32 Å². The summed E-state index contributed by atoms with van der Waals surface area (Å²) < 4.78 is 37.5. The SMILES string of the molecule is Cc1ccc(C(=O)NC([CH]C(C)C)CC(F)(F)F)cc1. The summed E-state index contributed by atoms with van der Waals surface area (Å²) in [6.07, 6.45) is -3.86. The van der Waals surface area contributed by atoms with E-state index < -0.39 is 24.5 Å². The molecule has 1 N–H and O–H groups in total. The third kappa shape index (κ3) is 6.08. The Morgan fingerprint density at radius 3 is 2.25 bits per heavy atom. The van der Waals surface area contributed by atoms with Gasteiger partial charge in [-0.3, -0.25) is 4.79 Å². The van der Waals surface area contributed by atoms with Crippen LogP contribution >= 0.6 is 0 Å². The fourth-order valence-corrected chi connectivity index (χ4v) is 1.84. The molecule has 0 heterocycles. The molecule has 0 saturated carbocycles. The van der Waals surface area contributed by atoms with E-state index >= 15 is 0 Å². The third-order valence-corrected chi connectivity index (χ3v) is 2.70. The molecular formula is C15H19F3NO. The number of rotatable bonds is 5. The summed E-state index contributed by atoms with van der Waals surface area (Å²) in [5, 5.41) is 2.43. The first kappa shape index (κ1) is 16.5. The second-order valence-corrected chi connectivity index (χ2v) is 5.20. The minimum Gasteiger partial charge on any atom is -0.349 e. The van der Waals surface area contributed by atoms with Gasteiger partial charge in [0.15, 0.2) is 0 Å². The van der Waals surface area contributed by atoms with E-state index in [9.17, 15) is 18.0 Å². The molecule has 0 aliphatic rings. The highest BCUT2D eigenvalue weighted by atomic mass is 19.4. The second-order valence-electron chi connectivity index (χ2n) is 5.20. The highest BCUT2D eigenvalue weighted by molar-refractivity contribution is 5.94. The Balaban J connectivity index is 2.73. The molecule has 0 bridgehead atoms. The highest BCUT2D eigenvalue weighted by Crippen LogP contribution is 2.24. The zero-order valence-corrected chi connectivity index (χ0v) is 11.8. The van der Waals surface area contributed by atoms with Gasteiger partial charge < -0.3 is 5.32 Å². The predicted molar refractivity (Wildman–Crippen MR) is 72.2 cm³/mol. The summed E-state index contributed by atoms with van der Waals surface area (Å²) in [6, 6.07) is 5.69. The molecule has 1 aromatic rings. The minimum absolute atomic E-state index is 0.0410. The summed E-state index contributed by atoms with van der Waals surface area (Å²) in [6.45, 7) is 5.43. The van der Waals surface area contributed by atoms with Gasteiger partial charge in [0.1, 0.15) is 0 Å². The van der Waals surface area contributed by atoms with Crippen LogP contribution in [0.25, 0.3) is 0 Å². The number of hydrogen-bond acceptors (Lipinski definition) is 1. The molecule has 0 aromatic heterocycles. The van der Waals surface area contributed by atoms with E-state index in [-0.39, 0.29) is 5.92 Å². The molecule has 2 nitrogen and oxygen atoms in total. The van der Waals surface area contributed by atoms with Crippen molar-refractivity contribution in [2.45, 2.75) is 39.4 Å². The van der Waals surface area contributed by atoms with Crippen molar-refractivity contribution < 1.29 is 18.0 Å². The standard InChI is InChI=1S/C15H19F3NO/c1-10(2)8-13(9-15(16,17)18)19-14(20)12-6-4-11(3)5-7-12/h4-8,10,13H,9H2,1-3H3,(H,19,20). The number of nitrogens with one attached hydrogen (secondary N) is 1. The number of aryl methyl sites for hydroxylation is 1. The van der Waals surface area contributed by atoms with E-state index in [1.807, 2.05) is 6.92 Å². The van der Waals surface area contributed by atoms with E-state index in [1.54, 1.807) is 38.1 Å². The molecule has 1 amide bonds. The molecule has 0 aliphatic carbocycles. The number of alkyl halides is 3. The monoisotopic (exact) mass is 286 g/mol. The van der Waals surface area contributed by atoms with Crippen molar-refractivity contribution >= 4 is 5.91 Å². The van der Waals surface area contributed by atoms with Gasteiger partial charge >= 0.3 is 6.18 Å². The van der Waals surface area contributed by atoms with Gasteiger partial charge in [-0.25, -0.2) is 0 Å². The van der Waals surface area contributed by atoms with Gasteiger partial charge in [0.05, 0.1) is 6.42 Å². The van der Waals surface area contributed by atoms with Crippen LogP contribution in [0.1, 0.15) is 36.2 Å². The fourth-order valence-electron chi connectivity index (χ4n) is 1.84. The Morgan fingerprint density at radius 2 is 1.80 bits per heavy atom. The summed E-state index contributed by atoms with van der Waals surface area (Å²) >= 11 is 0. The molecule has 0 aliphatic heterocycles. The minimum atomic E-state index is -4.31. The molecule has 20 heavy (non-hydrogen) atoms. The van der Waals surface area contributed by atoms with Gasteiger partial charge in [-0.05, 0) is 31.4 Å². The van der Waals surface area contributed by atoms with Gasteiger partial charge in [0.2, 0.25) is 0 Å². The first-order valence-electron chi connectivity index (χ1n) is 6.46. The van der Waals surface area contributed by atoms with Crippen LogP contribution in [0.5, 0.6) is 0 Å². The van der Waals surface area contributed by atoms with E-state index in [2.05, 4.69) is 5.32 Å². The number of carbonyl (C=O) groups is 1. The lowest BCUT2D eigenvalue weighted by Gasteiger charge is -2.21. The van der Waals surface area contributed by atoms with E-state index in [0.717, 1.165) is 5.56 Å². The number of carbonyl (C=O) groups excluding carboxylic acids is 1. The van der Waals surface area contributed by atoms with Crippen LogP contribution in [0.2, 0.25) is 0 Å². The smallest absolute Gasteiger partial charge is 0.349 e. The molecule has 1 aromatic carbocycles. The second kappa shape index (κ2) is 6.77. The van der Waals surface area contributed by atoms with Crippen molar-refractivity contribution in [3.63, 3.8) is 0 Å². The number of hydrogen-bond donors (Lipinski definition) is 1. The van der Waals surface area contributed by atoms with Crippen molar-refractivity contribution in [2.24, 2.45) is 5.92 Å². The molecule has 1 rings (SSSR count). The summed E-state index contributed by atoms with van der Waals surface area (Å²) in [4.78, 5) is 11.9. The maximum absolute atomic E-state index is 12.5. The Hall–Kier alpha value is -1.52. The zero-order chi connectivity index (χ0) is 15.3. The molecule has 0 spiro atoms. The normalized spacial score (nSPS) is 13.3. The first-order chi connectivity index (χ1) is 9.17. The quantitative estimate of drug-likeness (QED) is 0.873. The van der Waals surface area contributed by atoms with Crippen molar-refractivity contribution in [3.05, 3.63) is 41.8 Å². The van der Waals surface area contributed by atoms with Gasteiger partial charge in [0, 0.05) is 11.6 Å². The Labute approximate surface area is 117 Å². The third-order valence-electron chi connectivity index (χ3n) is 2.70. The van der Waals surface area contributed by atoms with Crippen molar-refractivity contribution in [3.8, 4) is 0 Å². The van der Waals surface area contributed by atoms with Crippen molar-refractivity contribution in [1.82, 2.24) is 5.32 Å². The number of amides is 1. The van der Waals surface area contributed by atoms with Gasteiger partial charge in [-0.2, -0.15) is 13.2 Å². The van der Waals surface area contributed by atoms with Crippen molar-refractivity contribution in [1.29, 1.82) is 0 Å². The highest BCUT2D eigenvalue weighted by Gasteiger charge is 2.33. The van der Waals surface area contributed by atoms with Crippen LogP contribution in [-0.2, 0) is 0 Å². The topological polar surface area (TPSA) is 29.1 Å². The zero-order valence-electron chi connectivity index (χ0n) is 11.8. The fraction of sp³-hybridized carbons (Fsp3) is 0.467. The van der Waals surface area contributed by atoms with Crippen LogP contribution in [0.3, 0.4) is 0 Å². The molecular weight excluding hydrogens is 267 g/mol. The lowest BCUT2D eigenvalue weighted by Crippen LogP contribution is -2.39.